The summed E-state index contributed by atoms with van der Waals surface area (Å²) in [5.41, 5.74) is -10.6. The van der Waals surface area contributed by atoms with Gasteiger partial charge in [-0.3, -0.25) is 0 Å². The lowest BCUT2D eigenvalue weighted by Crippen LogP contribution is -2.19. The Kier molecular flexibility index (Phi) is 4.61. The fourth-order valence-corrected chi connectivity index (χ4v) is 5.96. The number of benzene rings is 7. The Bertz CT molecular complexity index is 4060. The molecule has 0 unspecified atom stereocenters. The van der Waals surface area contributed by atoms with Gasteiger partial charge in [0.1, 0.15) is 13.2 Å². The maximum absolute atomic E-state index is 10.2. The third-order valence-corrected chi connectivity index (χ3v) is 8.90. The maximum Gasteiger partial charge on any atom is 0.136 e. The van der Waals surface area contributed by atoms with E-state index in [1.807, 2.05) is 0 Å². The van der Waals surface area contributed by atoms with E-state index in [0.717, 1.165) is 4.90 Å². The molecule has 7 aromatic carbocycles. The zero-order valence-corrected chi connectivity index (χ0v) is 32.0. The molecule has 0 bridgehead atoms. The second-order valence-electron chi connectivity index (χ2n) is 14.4. The standard InChI is InChI=1S/C52H48ClN3O/c1-51(2,3)37-30-31-49-45(32-37)48(36-57-49)56(42-26-17-10-18-27-42)47-34-38(52(4,5)6)33-46(50(47)53)55(41-24-15-9-16-25-41)44-29-19-28-43(35-44)54(39-20-11-7-12-21-39)40-22-13-8-14-23-40/h7-36H,1-6H3/i7D,8D,9D,10D,11D,12D,13D,14D,15D,16D,17D,18D,19D,20D,21D,22D,23D,24D,25D,26D,27D,28D,29D,30D,31D,32D,35D,36D. The highest BCUT2D eigenvalue weighted by molar-refractivity contribution is 6.37. The first kappa shape index (κ1) is 17.1. The van der Waals surface area contributed by atoms with Gasteiger partial charge in [0.15, 0.2) is 0 Å². The predicted molar refractivity (Wildman–Crippen MR) is 243 cm³/mol. The number of fused-ring (bicyclic) bond motifs is 1. The molecular weight excluding hydrogens is 718 g/mol. The van der Waals surface area contributed by atoms with Crippen molar-refractivity contribution in [3.8, 4) is 0 Å². The number of hydrogen-bond acceptors (Lipinski definition) is 4. The highest BCUT2D eigenvalue weighted by Gasteiger charge is 2.29. The van der Waals surface area contributed by atoms with Crippen LogP contribution in [0.3, 0.4) is 0 Å². The number of rotatable bonds is 9. The summed E-state index contributed by atoms with van der Waals surface area (Å²) in [5, 5.41) is -1.16. The Balaban J connectivity index is 1.69. The summed E-state index contributed by atoms with van der Waals surface area (Å²) in [6.45, 7) is 9.81. The average Bonchev–Trinajstić information content (AvgIpc) is 2.97. The lowest BCUT2D eigenvalue weighted by molar-refractivity contribution is 0.589. The summed E-state index contributed by atoms with van der Waals surface area (Å²) in [6.07, 6.45) is -0.924. The van der Waals surface area contributed by atoms with Crippen LogP contribution >= 0.6 is 11.6 Å². The van der Waals surface area contributed by atoms with Crippen molar-refractivity contribution in [2.24, 2.45) is 0 Å². The van der Waals surface area contributed by atoms with Crippen LogP contribution in [0.15, 0.2) is 186 Å². The fraction of sp³-hybridized carbons (Fsp3) is 0.154. The van der Waals surface area contributed by atoms with Gasteiger partial charge in [0.25, 0.3) is 0 Å². The van der Waals surface area contributed by atoms with Crippen molar-refractivity contribution >= 4 is 73.8 Å². The van der Waals surface area contributed by atoms with Gasteiger partial charge in [-0.05, 0) is 113 Å². The molecule has 0 amide bonds. The van der Waals surface area contributed by atoms with Crippen molar-refractivity contribution in [2.45, 2.75) is 52.4 Å². The number of para-hydroxylation sites is 4. The average molecular weight is 795 g/mol. The summed E-state index contributed by atoms with van der Waals surface area (Å²) in [5.74, 6) is 0. The van der Waals surface area contributed by atoms with Gasteiger partial charge >= 0.3 is 0 Å². The van der Waals surface area contributed by atoms with E-state index >= 15 is 0 Å². The fourth-order valence-electron chi connectivity index (χ4n) is 5.68. The molecule has 5 heteroatoms. The van der Waals surface area contributed by atoms with E-state index < -0.39 is 247 Å². The van der Waals surface area contributed by atoms with E-state index in [9.17, 15) is 13.7 Å². The van der Waals surface area contributed by atoms with Crippen molar-refractivity contribution in [1.29, 1.82) is 0 Å². The third-order valence-electron chi connectivity index (χ3n) is 8.51. The molecule has 0 aliphatic carbocycles. The Morgan fingerprint density at radius 3 is 1.35 bits per heavy atom. The number of hydrogen-bond donors (Lipinski definition) is 0. The Morgan fingerprint density at radius 1 is 0.439 bits per heavy atom. The molecule has 8 aromatic rings. The molecule has 0 aliphatic heterocycles. The minimum absolute atomic E-state index is 0.0530. The summed E-state index contributed by atoms with van der Waals surface area (Å²) in [7, 11) is 0. The van der Waals surface area contributed by atoms with E-state index in [1.54, 1.807) is 41.5 Å². The molecule has 284 valence electrons. The molecule has 0 radical (unpaired) electrons. The zero-order chi connectivity index (χ0) is 64.1. The first-order valence-corrected chi connectivity index (χ1v) is 17.6. The molecule has 0 atom stereocenters. The maximum atomic E-state index is 10.2. The van der Waals surface area contributed by atoms with Crippen LogP contribution in [0.25, 0.3) is 11.0 Å². The molecule has 0 fully saturated rings. The normalized spacial score (nSPS) is 18.6. The van der Waals surface area contributed by atoms with Gasteiger partial charge in [-0.1, -0.05) is 138 Å². The number of halogens is 1. The van der Waals surface area contributed by atoms with Crippen LogP contribution in [-0.2, 0) is 10.8 Å². The zero-order valence-electron chi connectivity index (χ0n) is 59.3. The van der Waals surface area contributed by atoms with Crippen molar-refractivity contribution in [3.05, 3.63) is 198 Å². The van der Waals surface area contributed by atoms with Crippen molar-refractivity contribution in [3.63, 3.8) is 0 Å². The highest BCUT2D eigenvalue weighted by atomic mass is 35.5. The lowest BCUT2D eigenvalue weighted by Gasteiger charge is -2.34. The van der Waals surface area contributed by atoms with E-state index in [1.165, 1.54) is 12.1 Å². The molecule has 0 N–H and O–H groups in total. The SMILES string of the molecule is [2H]c1oc2c([2H])c([2H])c(C(C)(C)C)c([2H])c2c1N(c1cc(C(C)(C)C)cc(N(c2c([2H])c([2H])c([2H])c([2H])c2[2H])c2c([2H])c([2H])c([2H])c(N(c3c([2H])c([2H])c([2H])c([2H])c3[2H])c3c([2H])c([2H])c([2H])c([2H])c3[2H])c2[2H])c1Cl)c1c([2H])c([2H])c([2H])c([2H])c1[2H]. The third kappa shape index (κ3) is 7.66. The summed E-state index contributed by atoms with van der Waals surface area (Å²) >= 11 is 7.74. The number of anilines is 9. The van der Waals surface area contributed by atoms with Gasteiger partial charge in [-0.2, -0.15) is 0 Å². The van der Waals surface area contributed by atoms with Crippen LogP contribution < -0.4 is 14.7 Å². The topological polar surface area (TPSA) is 22.9 Å². The number of nitrogens with zero attached hydrogens (tertiary/aromatic N) is 3. The van der Waals surface area contributed by atoms with Crippen molar-refractivity contribution < 1.29 is 42.8 Å². The minimum Gasteiger partial charge on any atom is -0.462 e. The molecule has 8 rings (SSSR count). The molecule has 4 nitrogen and oxygen atoms in total. The molecule has 0 aliphatic rings. The highest BCUT2D eigenvalue weighted by Crippen LogP contribution is 2.51. The summed E-state index contributed by atoms with van der Waals surface area (Å²) in [4.78, 5) is 1.84. The summed E-state index contributed by atoms with van der Waals surface area (Å²) in [6, 6.07) is -24.7. The van der Waals surface area contributed by atoms with Crippen LogP contribution in [-0.4, -0.2) is 0 Å². The van der Waals surface area contributed by atoms with E-state index in [4.69, 9.17) is 40.7 Å². The van der Waals surface area contributed by atoms with E-state index in [0.29, 0.717) is 9.80 Å². The minimum atomic E-state index is -1.28. The van der Waals surface area contributed by atoms with Gasteiger partial charge in [-0.15, -0.1) is 0 Å². The van der Waals surface area contributed by atoms with Crippen molar-refractivity contribution in [2.75, 3.05) is 14.7 Å². The Morgan fingerprint density at radius 2 is 0.860 bits per heavy atom. The second kappa shape index (κ2) is 15.4. The first-order chi connectivity index (χ1) is 39.1. The van der Waals surface area contributed by atoms with Gasteiger partial charge in [-0.25, -0.2) is 0 Å². The molecule has 0 spiro atoms. The van der Waals surface area contributed by atoms with E-state index in [-0.39, 0.29) is 11.1 Å². The van der Waals surface area contributed by atoms with Gasteiger partial charge in [0.05, 0.1) is 59.1 Å². The van der Waals surface area contributed by atoms with Crippen molar-refractivity contribution in [1.82, 2.24) is 0 Å². The second-order valence-corrected chi connectivity index (χ2v) is 14.8. The van der Waals surface area contributed by atoms with E-state index in [2.05, 4.69) is 0 Å². The largest absolute Gasteiger partial charge is 0.462 e. The van der Waals surface area contributed by atoms with Crippen LogP contribution in [0.4, 0.5) is 51.2 Å². The molecule has 0 saturated carbocycles. The summed E-state index contributed by atoms with van der Waals surface area (Å²) < 4.78 is 260. The lowest BCUT2D eigenvalue weighted by atomic mass is 9.85. The van der Waals surface area contributed by atoms with Crippen LogP contribution in [0.5, 0.6) is 0 Å². The Hall–Kier alpha value is -6.23. The molecular formula is C52H48ClN3O. The van der Waals surface area contributed by atoms with Crippen LogP contribution in [0.2, 0.25) is 5.02 Å². The van der Waals surface area contributed by atoms with Gasteiger partial charge in [0.2, 0.25) is 0 Å². The smallest absolute Gasteiger partial charge is 0.136 e. The Labute approximate surface area is 381 Å². The number of furan rings is 1. The molecule has 1 heterocycles. The predicted octanol–water partition coefficient (Wildman–Crippen LogP) is 16.1. The quantitative estimate of drug-likeness (QED) is 0.145. The molecule has 0 saturated heterocycles. The van der Waals surface area contributed by atoms with Gasteiger partial charge < -0.3 is 19.1 Å². The molecule has 1 aromatic heterocycles. The molecule has 57 heavy (non-hydrogen) atoms. The van der Waals surface area contributed by atoms with Gasteiger partial charge in [0, 0.05) is 39.5 Å². The first-order valence-electron chi connectivity index (χ1n) is 31.3. The van der Waals surface area contributed by atoms with Crippen LogP contribution in [0, 0.1) is 0 Å². The van der Waals surface area contributed by atoms with Crippen LogP contribution in [0.1, 0.15) is 91.1 Å². The monoisotopic (exact) mass is 794 g/mol.